The highest BCUT2D eigenvalue weighted by Crippen LogP contribution is 2.49. The molecule has 94 valence electrons. The molecule has 0 radical (unpaired) electrons. The van der Waals surface area contributed by atoms with Crippen LogP contribution < -0.4 is 5.32 Å². The number of hydrogen-bond acceptors (Lipinski definition) is 2. The second kappa shape index (κ2) is 3.99. The Labute approximate surface area is 110 Å². The number of anilines is 1. The number of halogens is 1. The van der Waals surface area contributed by atoms with Gasteiger partial charge in [0.05, 0.1) is 10.5 Å². The molecule has 0 saturated heterocycles. The Morgan fingerprint density at radius 3 is 3.00 bits per heavy atom. The molecule has 1 saturated carbocycles. The lowest BCUT2D eigenvalue weighted by molar-refractivity contribution is -0.121. The van der Waals surface area contributed by atoms with E-state index >= 15 is 0 Å². The second-order valence-corrected chi connectivity index (χ2v) is 5.23. The lowest BCUT2D eigenvalue weighted by atomic mass is 10.0. The average Bonchev–Trinajstić information content (AvgIpc) is 3.08. The number of para-hydroxylation sites is 1. The lowest BCUT2D eigenvalue weighted by Crippen LogP contribution is -2.23. The van der Waals surface area contributed by atoms with Gasteiger partial charge in [0.15, 0.2) is 5.82 Å². The lowest BCUT2D eigenvalue weighted by Gasteiger charge is -2.11. The van der Waals surface area contributed by atoms with Crippen molar-refractivity contribution in [3.8, 4) is 0 Å². The molecule has 5 heteroatoms. The number of rotatable bonds is 3. The zero-order chi connectivity index (χ0) is 12.8. The summed E-state index contributed by atoms with van der Waals surface area (Å²) < 4.78 is 0. The first kappa shape index (κ1) is 11.5. The third-order valence-electron chi connectivity index (χ3n) is 3.79. The predicted molar refractivity (Wildman–Crippen MR) is 71.7 cm³/mol. The van der Waals surface area contributed by atoms with Crippen molar-refractivity contribution in [2.45, 2.75) is 26.2 Å². The van der Waals surface area contributed by atoms with E-state index in [1.807, 2.05) is 19.1 Å². The molecular formula is C13H14ClN3O. The molecule has 3 rings (SSSR count). The summed E-state index contributed by atoms with van der Waals surface area (Å²) in [6.07, 6.45) is 2.82. The number of H-pyrrole nitrogens is 1. The minimum atomic E-state index is -0.163. The average molecular weight is 264 g/mol. The quantitative estimate of drug-likeness (QED) is 0.892. The Bertz CT molecular complexity index is 616. The number of nitrogens with zero attached hydrogens (tertiary/aromatic N) is 1. The third-order valence-corrected chi connectivity index (χ3v) is 4.11. The maximum Gasteiger partial charge on any atom is 0.231 e. The van der Waals surface area contributed by atoms with E-state index in [0.29, 0.717) is 10.8 Å². The Kier molecular flexibility index (Phi) is 2.55. The number of aromatic nitrogens is 2. The van der Waals surface area contributed by atoms with Crippen LogP contribution in [0.25, 0.3) is 10.9 Å². The maximum atomic E-state index is 12.2. The van der Waals surface area contributed by atoms with E-state index in [1.165, 1.54) is 0 Å². The molecule has 0 unspecified atom stereocenters. The van der Waals surface area contributed by atoms with Crippen LogP contribution >= 0.6 is 11.6 Å². The molecule has 18 heavy (non-hydrogen) atoms. The molecule has 1 fully saturated rings. The SMILES string of the molecule is CCC1(C(=O)Nc2n[nH]c3c(Cl)cccc23)CC1. The topological polar surface area (TPSA) is 57.8 Å². The normalized spacial score (nSPS) is 16.8. The van der Waals surface area contributed by atoms with Gasteiger partial charge in [0, 0.05) is 10.8 Å². The van der Waals surface area contributed by atoms with E-state index in [-0.39, 0.29) is 11.3 Å². The number of hydrogen-bond donors (Lipinski definition) is 2. The maximum absolute atomic E-state index is 12.2. The first-order valence-electron chi connectivity index (χ1n) is 6.10. The number of benzene rings is 1. The molecule has 1 heterocycles. The van der Waals surface area contributed by atoms with Crippen LogP contribution in [0.1, 0.15) is 26.2 Å². The Morgan fingerprint density at radius 1 is 1.56 bits per heavy atom. The van der Waals surface area contributed by atoms with E-state index in [9.17, 15) is 4.79 Å². The monoisotopic (exact) mass is 263 g/mol. The first-order chi connectivity index (χ1) is 8.66. The molecule has 0 aliphatic heterocycles. The van der Waals surface area contributed by atoms with Crippen molar-refractivity contribution in [2.24, 2.45) is 5.41 Å². The summed E-state index contributed by atoms with van der Waals surface area (Å²) >= 11 is 6.05. The van der Waals surface area contributed by atoms with Gasteiger partial charge in [-0.25, -0.2) is 0 Å². The van der Waals surface area contributed by atoms with Crippen molar-refractivity contribution in [1.29, 1.82) is 0 Å². The Balaban J connectivity index is 1.92. The zero-order valence-electron chi connectivity index (χ0n) is 10.1. The van der Waals surface area contributed by atoms with Gasteiger partial charge in [0.2, 0.25) is 5.91 Å². The molecule has 2 N–H and O–H groups in total. The van der Waals surface area contributed by atoms with Crippen molar-refractivity contribution < 1.29 is 4.79 Å². The summed E-state index contributed by atoms with van der Waals surface area (Å²) in [5.41, 5.74) is 0.597. The van der Waals surface area contributed by atoms with E-state index in [0.717, 1.165) is 30.2 Å². The smallest absolute Gasteiger partial charge is 0.231 e. The van der Waals surface area contributed by atoms with Crippen LogP contribution in [0.5, 0.6) is 0 Å². The van der Waals surface area contributed by atoms with Crippen LogP contribution in [0.4, 0.5) is 5.82 Å². The first-order valence-corrected chi connectivity index (χ1v) is 6.48. The summed E-state index contributed by atoms with van der Waals surface area (Å²) in [5.74, 6) is 0.635. The minimum absolute atomic E-state index is 0.0679. The van der Waals surface area contributed by atoms with Gasteiger partial charge in [-0.2, -0.15) is 5.10 Å². The van der Waals surface area contributed by atoms with Gasteiger partial charge < -0.3 is 5.32 Å². The fourth-order valence-electron chi connectivity index (χ4n) is 2.23. The summed E-state index contributed by atoms with van der Waals surface area (Å²) in [6.45, 7) is 2.05. The van der Waals surface area contributed by atoms with Crippen molar-refractivity contribution in [2.75, 3.05) is 5.32 Å². The predicted octanol–water partition coefficient (Wildman–Crippen LogP) is 3.35. The summed E-state index contributed by atoms with van der Waals surface area (Å²) in [4.78, 5) is 12.2. The van der Waals surface area contributed by atoms with E-state index in [2.05, 4.69) is 15.5 Å². The van der Waals surface area contributed by atoms with E-state index in [1.54, 1.807) is 6.07 Å². The van der Waals surface area contributed by atoms with Crippen LogP contribution in [0.2, 0.25) is 5.02 Å². The van der Waals surface area contributed by atoms with Gasteiger partial charge in [-0.1, -0.05) is 24.6 Å². The number of fused-ring (bicyclic) bond motifs is 1. The molecular weight excluding hydrogens is 250 g/mol. The molecule has 1 amide bonds. The van der Waals surface area contributed by atoms with Gasteiger partial charge in [-0.3, -0.25) is 9.89 Å². The fraction of sp³-hybridized carbons (Fsp3) is 0.385. The Hall–Kier alpha value is -1.55. The number of nitrogens with one attached hydrogen (secondary N) is 2. The highest BCUT2D eigenvalue weighted by Gasteiger charge is 2.48. The molecule has 1 aromatic heterocycles. The highest BCUT2D eigenvalue weighted by molar-refractivity contribution is 6.35. The molecule has 4 nitrogen and oxygen atoms in total. The van der Waals surface area contributed by atoms with Crippen LogP contribution in [-0.2, 0) is 4.79 Å². The van der Waals surface area contributed by atoms with Gasteiger partial charge >= 0.3 is 0 Å². The van der Waals surface area contributed by atoms with E-state index in [4.69, 9.17) is 11.6 Å². The largest absolute Gasteiger partial charge is 0.308 e. The number of amides is 1. The highest BCUT2D eigenvalue weighted by atomic mass is 35.5. The van der Waals surface area contributed by atoms with E-state index < -0.39 is 0 Å². The zero-order valence-corrected chi connectivity index (χ0v) is 10.8. The van der Waals surface area contributed by atoms with Crippen molar-refractivity contribution in [1.82, 2.24) is 10.2 Å². The molecule has 0 spiro atoms. The standard InChI is InChI=1S/C13H14ClN3O/c1-2-13(6-7-13)12(18)15-11-8-4-3-5-9(14)10(8)16-17-11/h3-5H,2,6-7H2,1H3,(H2,15,16,17,18). The summed E-state index contributed by atoms with van der Waals surface area (Å²) in [6, 6.07) is 5.54. The van der Waals surface area contributed by atoms with Gasteiger partial charge in [-0.05, 0) is 31.4 Å². The van der Waals surface area contributed by atoms with Crippen LogP contribution in [-0.4, -0.2) is 16.1 Å². The molecule has 0 bridgehead atoms. The Morgan fingerprint density at radius 2 is 2.33 bits per heavy atom. The van der Waals surface area contributed by atoms with Crippen LogP contribution in [0, 0.1) is 5.41 Å². The molecule has 1 aliphatic carbocycles. The fourth-order valence-corrected chi connectivity index (χ4v) is 2.45. The van der Waals surface area contributed by atoms with Gasteiger partial charge in [-0.15, -0.1) is 0 Å². The number of carbonyl (C=O) groups is 1. The molecule has 2 aromatic rings. The summed E-state index contributed by atoms with van der Waals surface area (Å²) in [7, 11) is 0. The van der Waals surface area contributed by atoms with Crippen molar-refractivity contribution in [3.05, 3.63) is 23.2 Å². The van der Waals surface area contributed by atoms with Crippen molar-refractivity contribution in [3.63, 3.8) is 0 Å². The third kappa shape index (κ3) is 1.68. The second-order valence-electron chi connectivity index (χ2n) is 4.82. The summed E-state index contributed by atoms with van der Waals surface area (Å²) in [5, 5.41) is 11.3. The van der Waals surface area contributed by atoms with Gasteiger partial charge in [0.25, 0.3) is 0 Å². The van der Waals surface area contributed by atoms with Crippen molar-refractivity contribution >= 4 is 34.2 Å². The molecule has 1 aromatic carbocycles. The minimum Gasteiger partial charge on any atom is -0.308 e. The van der Waals surface area contributed by atoms with Crippen LogP contribution in [0.15, 0.2) is 18.2 Å². The number of aromatic amines is 1. The van der Waals surface area contributed by atoms with Crippen LogP contribution in [0.3, 0.4) is 0 Å². The molecule has 1 aliphatic rings. The van der Waals surface area contributed by atoms with Gasteiger partial charge in [0.1, 0.15) is 0 Å². The molecule has 0 atom stereocenters. The number of carbonyl (C=O) groups excluding carboxylic acids is 1.